The lowest BCUT2D eigenvalue weighted by Gasteiger charge is -2.32. The van der Waals surface area contributed by atoms with Gasteiger partial charge >= 0.3 is 0 Å². The van der Waals surface area contributed by atoms with Crippen LogP contribution in [0.5, 0.6) is 0 Å². The van der Waals surface area contributed by atoms with Gasteiger partial charge in [-0.25, -0.2) is 9.97 Å². The summed E-state index contributed by atoms with van der Waals surface area (Å²) in [7, 11) is 0. The van der Waals surface area contributed by atoms with E-state index in [-0.39, 0.29) is 47.3 Å². The third kappa shape index (κ3) is 11.3. The molecule has 2 heterocycles. The number of hydrogen-bond donors (Lipinski definition) is 9. The Labute approximate surface area is 268 Å². The minimum Gasteiger partial charge on any atom is -0.394 e. The maximum absolute atomic E-state index is 12.8. The minimum absolute atomic E-state index is 0.00828. The second kappa shape index (κ2) is 18.1. The summed E-state index contributed by atoms with van der Waals surface area (Å²) in [6.07, 6.45) is -1.41. The average Bonchev–Trinajstić information content (AvgIpc) is 3.03. The molecule has 15 heteroatoms. The molecule has 0 aliphatic carbocycles. The van der Waals surface area contributed by atoms with Gasteiger partial charge < -0.3 is 52.7 Å². The van der Waals surface area contributed by atoms with Crippen molar-refractivity contribution < 1.29 is 30.0 Å². The number of amides is 2. The van der Waals surface area contributed by atoms with Crippen LogP contribution in [0, 0.1) is 18.8 Å². The van der Waals surface area contributed by atoms with Gasteiger partial charge in [-0.2, -0.15) is 0 Å². The summed E-state index contributed by atoms with van der Waals surface area (Å²) >= 11 is 5.95. The molecule has 1 aliphatic heterocycles. The molecule has 0 radical (unpaired) electrons. The SMILES string of the molecule is Cc1ccccc1C[C@H](CNCC1CCN(C(=O)CCNC[C@H](O)C(O)C(O)CO)CC1)CNC(=O)c1nc(Cl)c(N)nc1N. The maximum atomic E-state index is 12.8. The molecule has 1 fully saturated rings. The van der Waals surface area contributed by atoms with E-state index in [1.165, 1.54) is 11.1 Å². The van der Waals surface area contributed by atoms with Crippen LogP contribution in [0.15, 0.2) is 24.3 Å². The van der Waals surface area contributed by atoms with Crippen molar-refractivity contribution in [3.05, 3.63) is 46.2 Å². The first-order chi connectivity index (χ1) is 21.5. The number of aryl methyl sites for hydroxylation is 1. The first kappa shape index (κ1) is 36.4. The molecule has 3 rings (SSSR count). The van der Waals surface area contributed by atoms with E-state index in [0.29, 0.717) is 38.6 Å². The summed E-state index contributed by atoms with van der Waals surface area (Å²) in [5, 5.41) is 47.2. The molecule has 45 heavy (non-hydrogen) atoms. The number of benzene rings is 1. The van der Waals surface area contributed by atoms with Gasteiger partial charge in [-0.05, 0) is 62.2 Å². The largest absolute Gasteiger partial charge is 0.394 e. The van der Waals surface area contributed by atoms with Crippen molar-refractivity contribution in [1.29, 1.82) is 0 Å². The number of nitrogens with two attached hydrogens (primary N) is 2. The second-order valence-electron chi connectivity index (χ2n) is 11.6. The van der Waals surface area contributed by atoms with Gasteiger partial charge in [0.2, 0.25) is 5.91 Å². The number of piperidine rings is 1. The van der Waals surface area contributed by atoms with E-state index in [0.717, 1.165) is 25.8 Å². The number of hydrogen-bond acceptors (Lipinski definition) is 12. The van der Waals surface area contributed by atoms with Gasteiger partial charge in [0.05, 0.1) is 12.7 Å². The summed E-state index contributed by atoms with van der Waals surface area (Å²) in [4.78, 5) is 35.2. The summed E-state index contributed by atoms with van der Waals surface area (Å²) in [6.45, 7) is 4.87. The molecule has 1 aromatic heterocycles. The van der Waals surface area contributed by atoms with Gasteiger partial charge in [0.1, 0.15) is 12.2 Å². The molecule has 0 bridgehead atoms. The highest BCUT2D eigenvalue weighted by Crippen LogP contribution is 2.19. The second-order valence-corrected chi connectivity index (χ2v) is 11.9. The molecule has 1 aromatic carbocycles. The molecule has 2 aromatic rings. The predicted molar refractivity (Wildman–Crippen MR) is 171 cm³/mol. The van der Waals surface area contributed by atoms with Crippen LogP contribution in [0.3, 0.4) is 0 Å². The fourth-order valence-corrected chi connectivity index (χ4v) is 5.39. The average molecular weight is 651 g/mol. The Morgan fingerprint density at radius 2 is 1.73 bits per heavy atom. The van der Waals surface area contributed by atoms with Crippen LogP contribution in [0.1, 0.15) is 40.9 Å². The number of rotatable bonds is 17. The van der Waals surface area contributed by atoms with Crippen LogP contribution < -0.4 is 27.4 Å². The highest BCUT2D eigenvalue weighted by molar-refractivity contribution is 6.31. The van der Waals surface area contributed by atoms with E-state index in [4.69, 9.17) is 28.2 Å². The molecule has 1 saturated heterocycles. The number of halogens is 1. The van der Waals surface area contributed by atoms with E-state index in [1.54, 1.807) is 0 Å². The summed E-state index contributed by atoms with van der Waals surface area (Å²) < 4.78 is 0. The highest BCUT2D eigenvalue weighted by Gasteiger charge is 2.25. The number of aromatic nitrogens is 2. The van der Waals surface area contributed by atoms with Crippen molar-refractivity contribution in [3.8, 4) is 0 Å². The molecule has 0 saturated carbocycles. The normalized spacial score (nSPS) is 16.6. The monoisotopic (exact) mass is 650 g/mol. The molecule has 1 aliphatic rings. The van der Waals surface area contributed by atoms with Crippen LogP contribution in [0.4, 0.5) is 11.6 Å². The number of aliphatic hydroxyl groups is 4. The molecule has 2 amide bonds. The topological polar surface area (TPSA) is 232 Å². The highest BCUT2D eigenvalue weighted by atomic mass is 35.5. The summed E-state index contributed by atoms with van der Waals surface area (Å²) in [5.41, 5.74) is 13.8. The third-order valence-electron chi connectivity index (χ3n) is 8.12. The van der Waals surface area contributed by atoms with E-state index in [1.807, 2.05) is 17.0 Å². The molecule has 2 unspecified atom stereocenters. The van der Waals surface area contributed by atoms with Crippen LogP contribution in [-0.4, -0.2) is 118 Å². The Hall–Kier alpha value is -3.11. The van der Waals surface area contributed by atoms with Crippen LogP contribution in [0.25, 0.3) is 0 Å². The zero-order valence-electron chi connectivity index (χ0n) is 25.7. The standard InChI is InChI=1S/C30H47ClN8O6/c1-18-4-2-3-5-21(18)12-20(15-36-30(45)25-28(32)38-29(33)27(31)37-25)14-35-13-19-7-10-39(11-8-19)24(43)6-9-34-16-22(41)26(44)23(42)17-40/h2-5,19-20,22-23,26,34-35,40-42,44H,6-17H2,1H3,(H,36,45)(H4,32,33,38)/t20-,22+,23?,26?/m1/s1. The zero-order valence-corrected chi connectivity index (χ0v) is 26.4. The van der Waals surface area contributed by atoms with Crippen molar-refractivity contribution in [2.45, 2.75) is 50.9 Å². The lowest BCUT2D eigenvalue weighted by Crippen LogP contribution is -2.45. The molecular formula is C30H47ClN8O6. The van der Waals surface area contributed by atoms with E-state index >= 15 is 0 Å². The smallest absolute Gasteiger partial charge is 0.273 e. The quantitative estimate of drug-likeness (QED) is 0.0946. The molecule has 11 N–H and O–H groups in total. The molecule has 4 atom stereocenters. The number of carbonyl (C=O) groups is 2. The molecular weight excluding hydrogens is 604 g/mol. The summed E-state index contributed by atoms with van der Waals surface area (Å²) in [6, 6.07) is 8.15. The van der Waals surface area contributed by atoms with E-state index in [9.17, 15) is 24.9 Å². The first-order valence-electron chi connectivity index (χ1n) is 15.3. The van der Waals surface area contributed by atoms with E-state index < -0.39 is 30.8 Å². The van der Waals surface area contributed by atoms with Gasteiger partial charge in [0.15, 0.2) is 22.5 Å². The fourth-order valence-electron chi connectivity index (χ4n) is 5.26. The molecule has 250 valence electrons. The van der Waals surface area contributed by atoms with Gasteiger partial charge in [-0.1, -0.05) is 35.9 Å². The number of anilines is 2. The van der Waals surface area contributed by atoms with Gasteiger partial charge in [-0.15, -0.1) is 0 Å². The minimum atomic E-state index is -1.47. The number of likely N-dealkylation sites (tertiary alicyclic amines) is 1. The van der Waals surface area contributed by atoms with Crippen molar-refractivity contribution in [3.63, 3.8) is 0 Å². The van der Waals surface area contributed by atoms with Crippen molar-refractivity contribution in [1.82, 2.24) is 30.8 Å². The molecule has 14 nitrogen and oxygen atoms in total. The zero-order chi connectivity index (χ0) is 32.9. The van der Waals surface area contributed by atoms with Crippen LogP contribution in [-0.2, 0) is 11.2 Å². The lowest BCUT2D eigenvalue weighted by atomic mass is 9.94. The fraction of sp³-hybridized carbons (Fsp3) is 0.600. The Morgan fingerprint density at radius 1 is 1.02 bits per heavy atom. The van der Waals surface area contributed by atoms with Crippen LogP contribution >= 0.6 is 11.6 Å². The van der Waals surface area contributed by atoms with Gasteiger partial charge in [0, 0.05) is 39.1 Å². The predicted octanol–water partition coefficient (Wildman–Crippen LogP) is -0.926. The first-order valence-corrected chi connectivity index (χ1v) is 15.6. The van der Waals surface area contributed by atoms with Crippen molar-refractivity contribution >= 4 is 35.1 Å². The Morgan fingerprint density at radius 3 is 2.42 bits per heavy atom. The number of aliphatic hydroxyl groups excluding tert-OH is 4. The number of nitrogens with zero attached hydrogens (tertiary/aromatic N) is 3. The van der Waals surface area contributed by atoms with E-state index in [2.05, 4.69) is 45.0 Å². The Bertz CT molecular complexity index is 1250. The maximum Gasteiger partial charge on any atom is 0.273 e. The number of carbonyl (C=O) groups excluding carboxylic acids is 2. The third-order valence-corrected chi connectivity index (χ3v) is 8.40. The van der Waals surface area contributed by atoms with Crippen LogP contribution in [0.2, 0.25) is 5.15 Å². The summed E-state index contributed by atoms with van der Waals surface area (Å²) in [5.74, 6) is -0.0982. The lowest BCUT2D eigenvalue weighted by molar-refractivity contribution is -0.132. The Balaban J connectivity index is 1.43. The number of nitrogen functional groups attached to an aromatic ring is 2. The van der Waals surface area contributed by atoms with Crippen molar-refractivity contribution in [2.75, 3.05) is 63.9 Å². The van der Waals surface area contributed by atoms with Crippen molar-refractivity contribution in [2.24, 2.45) is 11.8 Å². The van der Waals surface area contributed by atoms with Gasteiger partial charge in [-0.3, -0.25) is 9.59 Å². The Kier molecular flexibility index (Phi) is 14.7. The van der Waals surface area contributed by atoms with Gasteiger partial charge in [0.25, 0.3) is 5.91 Å². The molecule has 0 spiro atoms. The number of nitrogens with one attached hydrogen (secondary N) is 3.